The lowest BCUT2D eigenvalue weighted by Crippen LogP contribution is -2.49. The second-order valence-electron chi connectivity index (χ2n) is 5.64. The maximum Gasteiger partial charge on any atom is 0.321 e. The molecule has 0 aliphatic carbocycles. The van der Waals surface area contributed by atoms with E-state index in [0.717, 1.165) is 38.0 Å². The quantitative estimate of drug-likeness (QED) is 0.843. The van der Waals surface area contributed by atoms with Crippen LogP contribution in [0.15, 0.2) is 24.3 Å². The van der Waals surface area contributed by atoms with E-state index in [-0.39, 0.29) is 11.7 Å². The van der Waals surface area contributed by atoms with Crippen LogP contribution < -0.4 is 5.32 Å². The van der Waals surface area contributed by atoms with Crippen molar-refractivity contribution in [2.24, 2.45) is 5.92 Å². The lowest BCUT2D eigenvalue weighted by molar-refractivity contribution is -0.141. The van der Waals surface area contributed by atoms with Gasteiger partial charge in [0.25, 0.3) is 0 Å². The first-order valence-electron chi connectivity index (χ1n) is 7.53. The van der Waals surface area contributed by atoms with Crippen LogP contribution >= 0.6 is 0 Å². The Morgan fingerprint density at radius 3 is 2.81 bits per heavy atom. The Morgan fingerprint density at radius 2 is 2.19 bits per heavy atom. The van der Waals surface area contributed by atoms with Gasteiger partial charge in [-0.25, -0.2) is 4.39 Å². The number of nitrogens with one attached hydrogen (secondary N) is 1. The number of carboxylic acid groups (broad SMARTS) is 1. The summed E-state index contributed by atoms with van der Waals surface area (Å²) in [4.78, 5) is 13.6. The van der Waals surface area contributed by atoms with Crippen LogP contribution in [0.1, 0.15) is 25.3 Å². The summed E-state index contributed by atoms with van der Waals surface area (Å²) in [6.07, 6.45) is 1.94. The van der Waals surface area contributed by atoms with E-state index >= 15 is 0 Å². The predicted molar refractivity (Wildman–Crippen MR) is 79.5 cm³/mol. The van der Waals surface area contributed by atoms with Crippen molar-refractivity contribution in [3.8, 4) is 0 Å². The molecule has 1 heterocycles. The molecule has 1 aliphatic rings. The number of rotatable bonds is 6. The Bertz CT molecular complexity index is 464. The molecular weight excluding hydrogens is 271 g/mol. The average molecular weight is 294 g/mol. The summed E-state index contributed by atoms with van der Waals surface area (Å²) in [5, 5.41) is 12.4. The van der Waals surface area contributed by atoms with Crippen LogP contribution in [-0.4, -0.2) is 41.7 Å². The molecule has 2 atom stereocenters. The maximum atomic E-state index is 12.9. The molecule has 0 aromatic heterocycles. The Balaban J connectivity index is 1.96. The smallest absolute Gasteiger partial charge is 0.321 e. The summed E-state index contributed by atoms with van der Waals surface area (Å²) in [6, 6.07) is 6.03. The summed E-state index contributed by atoms with van der Waals surface area (Å²) in [5.74, 6) is -0.879. The summed E-state index contributed by atoms with van der Waals surface area (Å²) in [5.41, 5.74) is 1.06. The van der Waals surface area contributed by atoms with Gasteiger partial charge in [0, 0.05) is 13.1 Å². The molecule has 2 N–H and O–H groups in total. The highest BCUT2D eigenvalue weighted by Crippen LogP contribution is 2.22. The van der Waals surface area contributed by atoms with Crippen LogP contribution in [0.4, 0.5) is 4.39 Å². The second kappa shape index (κ2) is 7.52. The van der Waals surface area contributed by atoms with Crippen LogP contribution in [0, 0.1) is 11.7 Å². The third-order valence-electron chi connectivity index (χ3n) is 4.02. The molecule has 1 aromatic rings. The fourth-order valence-corrected chi connectivity index (χ4v) is 3.03. The Labute approximate surface area is 125 Å². The Hall–Kier alpha value is -1.46. The van der Waals surface area contributed by atoms with Gasteiger partial charge in [0.15, 0.2) is 0 Å². The third-order valence-corrected chi connectivity index (χ3v) is 4.02. The van der Waals surface area contributed by atoms with Crippen LogP contribution in [0.5, 0.6) is 0 Å². The highest BCUT2D eigenvalue weighted by Gasteiger charge is 2.31. The number of hydrogen-bond acceptors (Lipinski definition) is 3. The van der Waals surface area contributed by atoms with Crippen LogP contribution in [0.3, 0.4) is 0 Å². The van der Waals surface area contributed by atoms with Gasteiger partial charge < -0.3 is 10.4 Å². The lowest BCUT2D eigenvalue weighted by Gasteiger charge is -2.35. The summed E-state index contributed by atoms with van der Waals surface area (Å²) in [6.45, 7) is 5.06. The molecule has 1 saturated heterocycles. The average Bonchev–Trinajstić information content (AvgIpc) is 2.47. The first-order valence-corrected chi connectivity index (χ1v) is 7.53. The number of benzene rings is 1. The van der Waals surface area contributed by atoms with Gasteiger partial charge in [0.1, 0.15) is 11.9 Å². The minimum absolute atomic E-state index is 0.122. The summed E-state index contributed by atoms with van der Waals surface area (Å²) < 4.78 is 12.9. The SMILES string of the molecule is CCNC(C(=O)O)C1CCCN(Cc2ccc(F)cc2)C1. The predicted octanol–water partition coefficient (Wildman–Crippen LogP) is 2.10. The molecule has 0 radical (unpaired) electrons. The molecule has 21 heavy (non-hydrogen) atoms. The number of hydrogen-bond donors (Lipinski definition) is 2. The molecule has 1 aliphatic heterocycles. The third kappa shape index (κ3) is 4.51. The van der Waals surface area contributed by atoms with Crippen molar-refractivity contribution in [3.63, 3.8) is 0 Å². The molecule has 0 bridgehead atoms. The van der Waals surface area contributed by atoms with Gasteiger partial charge in [-0.15, -0.1) is 0 Å². The van der Waals surface area contributed by atoms with E-state index in [1.54, 1.807) is 12.1 Å². The molecule has 0 spiro atoms. The fourth-order valence-electron chi connectivity index (χ4n) is 3.03. The monoisotopic (exact) mass is 294 g/mol. The van der Waals surface area contributed by atoms with Gasteiger partial charge >= 0.3 is 5.97 Å². The Morgan fingerprint density at radius 1 is 1.48 bits per heavy atom. The van der Waals surface area contributed by atoms with Crippen molar-refractivity contribution in [3.05, 3.63) is 35.6 Å². The minimum Gasteiger partial charge on any atom is -0.480 e. The van der Waals surface area contributed by atoms with Gasteiger partial charge in [-0.1, -0.05) is 19.1 Å². The van der Waals surface area contributed by atoms with Crippen LogP contribution in [0.25, 0.3) is 0 Å². The molecule has 0 amide bonds. The molecule has 2 rings (SSSR count). The highest BCUT2D eigenvalue weighted by molar-refractivity contribution is 5.73. The second-order valence-corrected chi connectivity index (χ2v) is 5.64. The number of carboxylic acids is 1. The minimum atomic E-state index is -0.773. The van der Waals surface area contributed by atoms with E-state index in [0.29, 0.717) is 6.54 Å². The zero-order chi connectivity index (χ0) is 15.2. The largest absolute Gasteiger partial charge is 0.480 e. The molecule has 1 aromatic carbocycles. The zero-order valence-electron chi connectivity index (χ0n) is 12.4. The van der Waals surface area contributed by atoms with E-state index in [9.17, 15) is 14.3 Å². The van der Waals surface area contributed by atoms with Crippen molar-refractivity contribution < 1.29 is 14.3 Å². The molecule has 2 unspecified atom stereocenters. The number of aliphatic carboxylic acids is 1. The summed E-state index contributed by atoms with van der Waals surface area (Å²) in [7, 11) is 0. The number of piperidine rings is 1. The maximum absolute atomic E-state index is 12.9. The van der Waals surface area contributed by atoms with Crippen molar-refractivity contribution in [1.82, 2.24) is 10.2 Å². The summed E-state index contributed by atoms with van der Waals surface area (Å²) >= 11 is 0. The van der Waals surface area contributed by atoms with Gasteiger partial charge in [0.05, 0.1) is 0 Å². The van der Waals surface area contributed by atoms with E-state index in [1.807, 2.05) is 6.92 Å². The van der Waals surface area contributed by atoms with Crippen LogP contribution in [-0.2, 0) is 11.3 Å². The topological polar surface area (TPSA) is 52.6 Å². The molecule has 4 nitrogen and oxygen atoms in total. The lowest BCUT2D eigenvalue weighted by atomic mass is 9.90. The van der Waals surface area contributed by atoms with E-state index in [1.165, 1.54) is 12.1 Å². The van der Waals surface area contributed by atoms with Gasteiger partial charge in [-0.3, -0.25) is 9.69 Å². The zero-order valence-corrected chi connectivity index (χ0v) is 12.4. The normalized spacial score (nSPS) is 21.1. The number of halogens is 1. The highest BCUT2D eigenvalue weighted by atomic mass is 19.1. The van der Waals surface area contributed by atoms with E-state index in [4.69, 9.17) is 0 Å². The molecule has 116 valence electrons. The molecule has 1 fully saturated rings. The van der Waals surface area contributed by atoms with Gasteiger partial charge in [-0.2, -0.15) is 0 Å². The number of likely N-dealkylation sites (N-methyl/N-ethyl adjacent to an activating group) is 1. The molecule has 0 saturated carbocycles. The van der Waals surface area contributed by atoms with Gasteiger partial charge in [-0.05, 0) is 49.5 Å². The molecular formula is C16H23FN2O2. The van der Waals surface area contributed by atoms with E-state index in [2.05, 4.69) is 10.2 Å². The van der Waals surface area contributed by atoms with Crippen LogP contribution in [0.2, 0.25) is 0 Å². The van der Waals surface area contributed by atoms with E-state index < -0.39 is 12.0 Å². The molecule has 5 heteroatoms. The number of likely N-dealkylation sites (tertiary alicyclic amines) is 1. The standard InChI is InChI=1S/C16H23FN2O2/c1-2-18-15(16(20)21)13-4-3-9-19(11-13)10-12-5-7-14(17)8-6-12/h5-8,13,15,18H,2-4,9-11H2,1H3,(H,20,21). The fraction of sp³-hybridized carbons (Fsp3) is 0.562. The Kier molecular flexibility index (Phi) is 5.70. The number of carbonyl (C=O) groups is 1. The van der Waals surface area contributed by atoms with Crippen molar-refractivity contribution in [1.29, 1.82) is 0 Å². The van der Waals surface area contributed by atoms with Crippen molar-refractivity contribution in [2.75, 3.05) is 19.6 Å². The van der Waals surface area contributed by atoms with Crippen molar-refractivity contribution >= 4 is 5.97 Å². The number of nitrogens with zero attached hydrogens (tertiary/aromatic N) is 1. The first-order chi connectivity index (χ1) is 10.1. The van der Waals surface area contributed by atoms with Crippen molar-refractivity contribution in [2.45, 2.75) is 32.4 Å². The van der Waals surface area contributed by atoms with Gasteiger partial charge in [0.2, 0.25) is 0 Å². The first kappa shape index (κ1) is 15.9.